The second-order valence-corrected chi connectivity index (χ2v) is 28.2. The number of nitrogens with zero attached hydrogens (tertiary/aromatic N) is 5. The van der Waals surface area contributed by atoms with E-state index in [4.69, 9.17) is 37.9 Å². The topological polar surface area (TPSA) is 278 Å². The van der Waals surface area contributed by atoms with Gasteiger partial charge in [0.1, 0.15) is 46.0 Å². The number of fused-ring (bicyclic) bond motifs is 12. The Morgan fingerprint density at radius 1 is 0.504 bits per heavy atom. The molecule has 26 heteroatoms. The van der Waals surface area contributed by atoms with Crippen molar-refractivity contribution in [1.82, 2.24) is 24.5 Å². The predicted molar refractivity (Wildman–Crippen MR) is 407 cm³/mol. The summed E-state index contributed by atoms with van der Waals surface area (Å²) in [6.45, 7) is 14.0. The molecule has 5 heterocycles. The minimum Gasteiger partial charge on any atom is -0.456 e. The van der Waals surface area contributed by atoms with E-state index in [-0.39, 0.29) is 68.1 Å². The molecule has 5 aliphatic heterocycles. The van der Waals surface area contributed by atoms with Gasteiger partial charge >= 0.3 is 41.7 Å². The molecule has 1 aliphatic carbocycles. The molecule has 0 fully saturated rings. The summed E-state index contributed by atoms with van der Waals surface area (Å²) in [7, 11) is 6.51. The SMILES string of the molecule is CC(=O)N(C)CN(C)C(=O)CCC(=O)N1CCC#C[C@H](C)[C@@H](C)C1.CC(=O)N(C)CN(C)C(=O)c1ccc(CC2CCCCC#CC2(F)F)cc1.CC(=O)Oc1ccc2c(c1)Oc1cc(OC(C)=O)ccc1C21OC(=O)c2ccccc21.CC(=O)Oc1ccc2c(c1)Oc1cc(OC(C)=O)ccc1C21OC(=O)c2ccccc21. The molecule has 0 aromatic heterocycles. The van der Waals surface area contributed by atoms with Gasteiger partial charge in [0.2, 0.25) is 23.6 Å². The summed E-state index contributed by atoms with van der Waals surface area (Å²) < 4.78 is 73.4. The maximum absolute atomic E-state index is 14.2. The maximum Gasteiger partial charge on any atom is 0.340 e. The Balaban J connectivity index is 0.000000161. The van der Waals surface area contributed by atoms with Crippen LogP contribution >= 0.6 is 0 Å². The Kier molecular flexibility index (Phi) is 26.0. The van der Waals surface area contributed by atoms with Gasteiger partial charge in [-0.05, 0) is 109 Å². The third-order valence-electron chi connectivity index (χ3n) is 19.7. The number of halogens is 2. The second-order valence-electron chi connectivity index (χ2n) is 28.2. The fourth-order valence-electron chi connectivity index (χ4n) is 13.7. The average molecular weight is 1540 g/mol. The van der Waals surface area contributed by atoms with Crippen LogP contribution in [0.2, 0.25) is 0 Å². The van der Waals surface area contributed by atoms with Crippen molar-refractivity contribution in [3.8, 4) is 69.7 Å². The first-order chi connectivity index (χ1) is 53.7. The Morgan fingerprint density at radius 3 is 1.35 bits per heavy atom. The van der Waals surface area contributed by atoms with E-state index in [0.29, 0.717) is 134 Å². The Bertz CT molecular complexity index is 4700. The first-order valence-electron chi connectivity index (χ1n) is 36.7. The fraction of sp³-hybridized carbons (Fsp3) is 0.345. The van der Waals surface area contributed by atoms with Crippen molar-refractivity contribution >= 4 is 65.4 Å². The maximum atomic E-state index is 14.2. The van der Waals surface area contributed by atoms with Crippen LogP contribution in [0.3, 0.4) is 0 Å². The molecular formula is C87H87F2N5O19. The zero-order valence-corrected chi connectivity index (χ0v) is 64.8. The van der Waals surface area contributed by atoms with Gasteiger partial charge in [-0.15, -0.1) is 5.92 Å². The molecule has 1 unspecified atom stereocenters. The van der Waals surface area contributed by atoms with Gasteiger partial charge in [-0.1, -0.05) is 80.6 Å². The summed E-state index contributed by atoms with van der Waals surface area (Å²) in [5, 5.41) is 0. The van der Waals surface area contributed by atoms with E-state index in [2.05, 4.69) is 37.5 Å². The number of benzene rings is 7. The number of ether oxygens (including phenoxy) is 8. The van der Waals surface area contributed by atoms with Crippen molar-refractivity contribution in [3.05, 3.63) is 201 Å². The largest absolute Gasteiger partial charge is 0.456 e. The number of carbonyl (C=O) groups is 11. The molecule has 13 rings (SSSR count). The van der Waals surface area contributed by atoms with Gasteiger partial charge in [-0.25, -0.2) is 9.59 Å². The van der Waals surface area contributed by atoms with E-state index >= 15 is 0 Å². The summed E-state index contributed by atoms with van der Waals surface area (Å²) in [4.78, 5) is 138. The second kappa shape index (κ2) is 35.5. The summed E-state index contributed by atoms with van der Waals surface area (Å²) >= 11 is 0. The number of amides is 5. The van der Waals surface area contributed by atoms with Crippen LogP contribution in [0.4, 0.5) is 8.78 Å². The zero-order chi connectivity index (χ0) is 81.8. The standard InChI is InChI=1S/2C24H16O7.C21H26F2N2O2.C18H29N3O3/c2*1-13(25)28-15-7-9-19-21(11-15)30-22-12-16(29-14(2)26)8-10-20(22)24(19)18-6-4-3-5-17(18)23(27)31-24;1-16(26)24(2)15-25(3)20(27)18-11-9-17(10-12-18)14-19-8-6-4-5-7-13-21(19,22)23;1-14-8-6-7-11-21(12-15(14)2)18(24)10-9-17(23)20(5)13-19(4)16(3)22/h2*3-12H,1-2H3;9-12,19H,4-6,8,14-15H2,1-3H3;14-15H,7,9-13H2,1-5H3/t;;;14-,15-/m...0/s1. The minimum atomic E-state index is -2.98. The van der Waals surface area contributed by atoms with Gasteiger partial charge < -0.3 is 62.4 Å². The molecule has 0 saturated carbocycles. The molecule has 5 amide bonds. The lowest BCUT2D eigenvalue weighted by Crippen LogP contribution is -2.40. The number of hydrogen-bond donors (Lipinski definition) is 0. The Labute approximate surface area is 653 Å². The van der Waals surface area contributed by atoms with Crippen LogP contribution < -0.4 is 28.4 Å². The van der Waals surface area contributed by atoms with Crippen LogP contribution in [-0.4, -0.2) is 150 Å². The predicted octanol–water partition coefficient (Wildman–Crippen LogP) is 12.9. The smallest absolute Gasteiger partial charge is 0.340 e. The lowest BCUT2D eigenvalue weighted by molar-refractivity contribution is -0.139. The van der Waals surface area contributed by atoms with Crippen molar-refractivity contribution < 1.29 is 99.4 Å². The number of alkyl halides is 2. The number of carbonyl (C=O) groups excluding carboxylic acids is 11. The molecule has 24 nitrogen and oxygen atoms in total. The average Bonchev–Trinajstić information content (AvgIpc) is 1.50. The first-order valence-corrected chi connectivity index (χ1v) is 36.7. The summed E-state index contributed by atoms with van der Waals surface area (Å²) in [5.41, 5.74) is 3.35. The van der Waals surface area contributed by atoms with E-state index in [1.807, 2.05) is 29.2 Å². The highest BCUT2D eigenvalue weighted by Gasteiger charge is 2.55. The minimum absolute atomic E-state index is 0.000535. The fourth-order valence-corrected chi connectivity index (χ4v) is 13.7. The molecule has 7 aromatic carbocycles. The molecule has 113 heavy (non-hydrogen) atoms. The van der Waals surface area contributed by atoms with Crippen molar-refractivity contribution in [2.45, 2.75) is 124 Å². The molecule has 0 saturated heterocycles. The molecule has 6 aliphatic rings. The van der Waals surface area contributed by atoms with E-state index < -0.39 is 58.9 Å². The van der Waals surface area contributed by atoms with Gasteiger partial charge in [0.05, 0.1) is 24.5 Å². The van der Waals surface area contributed by atoms with Gasteiger partial charge in [0, 0.05) is 184 Å². The lowest BCUT2D eigenvalue weighted by atomic mass is 9.77. The highest BCUT2D eigenvalue weighted by atomic mass is 19.3. The van der Waals surface area contributed by atoms with Gasteiger partial charge in [-0.3, -0.25) is 43.2 Å². The van der Waals surface area contributed by atoms with Gasteiger partial charge in [-0.2, -0.15) is 8.78 Å². The van der Waals surface area contributed by atoms with E-state index in [1.165, 1.54) is 61.1 Å². The molecule has 0 radical (unpaired) electrons. The Morgan fingerprint density at radius 2 is 0.929 bits per heavy atom. The number of hydrogen-bond acceptors (Lipinski definition) is 19. The van der Waals surface area contributed by atoms with Crippen molar-refractivity contribution in [3.63, 3.8) is 0 Å². The van der Waals surface area contributed by atoms with Crippen LogP contribution in [0.25, 0.3) is 0 Å². The third kappa shape index (κ3) is 19.2. The highest BCUT2D eigenvalue weighted by molar-refractivity contribution is 5.98. The quantitative estimate of drug-likeness (QED) is 0.0423. The molecule has 7 aromatic rings. The van der Waals surface area contributed by atoms with E-state index in [0.717, 1.165) is 18.4 Å². The van der Waals surface area contributed by atoms with Crippen LogP contribution in [0.15, 0.2) is 146 Å². The molecular weight excluding hydrogens is 1460 g/mol. The Hall–Kier alpha value is -12.7. The van der Waals surface area contributed by atoms with Crippen molar-refractivity contribution in [1.29, 1.82) is 0 Å². The summed E-state index contributed by atoms with van der Waals surface area (Å²) in [6.07, 6.45) is 3.86. The molecule has 0 N–H and O–H groups in total. The van der Waals surface area contributed by atoms with Crippen molar-refractivity contribution in [2.75, 3.05) is 54.6 Å². The molecule has 588 valence electrons. The van der Waals surface area contributed by atoms with Crippen LogP contribution in [0, 0.1) is 41.4 Å². The third-order valence-corrected chi connectivity index (χ3v) is 19.7. The summed E-state index contributed by atoms with van der Waals surface area (Å²) in [5.74, 6) is 7.03. The van der Waals surface area contributed by atoms with E-state index in [9.17, 15) is 61.5 Å². The molecule has 3 atom stereocenters. The lowest BCUT2D eigenvalue weighted by Gasteiger charge is -2.36. The van der Waals surface area contributed by atoms with Crippen LogP contribution in [0.1, 0.15) is 170 Å². The van der Waals surface area contributed by atoms with E-state index in [1.54, 1.807) is 150 Å². The van der Waals surface area contributed by atoms with Gasteiger partial charge in [0.15, 0.2) is 11.2 Å². The molecule has 2 spiro atoms. The molecule has 0 bridgehead atoms. The van der Waals surface area contributed by atoms with Crippen molar-refractivity contribution in [2.24, 2.45) is 17.8 Å². The van der Waals surface area contributed by atoms with Gasteiger partial charge in [0.25, 0.3) is 5.91 Å². The normalized spacial score (nSPS) is 16.7. The monoisotopic (exact) mass is 1540 g/mol. The van der Waals surface area contributed by atoms with Crippen LogP contribution in [0.5, 0.6) is 46.0 Å². The number of rotatable bonds is 14. The van der Waals surface area contributed by atoms with Crippen LogP contribution in [-0.2, 0) is 65.5 Å². The zero-order valence-electron chi connectivity index (χ0n) is 64.8. The first kappa shape index (κ1) is 82.8. The highest BCUT2D eigenvalue weighted by Crippen LogP contribution is 2.59. The summed E-state index contributed by atoms with van der Waals surface area (Å²) in [6, 6.07) is 40.6. The number of esters is 6.